The monoisotopic (exact) mass is 264 g/mol. The van der Waals surface area contributed by atoms with Gasteiger partial charge in [0.1, 0.15) is 0 Å². The molecule has 0 N–H and O–H groups in total. The topological polar surface area (TPSA) is 32.8 Å². The summed E-state index contributed by atoms with van der Waals surface area (Å²) in [5.41, 5.74) is 2.92. The van der Waals surface area contributed by atoms with Crippen molar-refractivity contribution < 1.29 is 9.53 Å². The molecule has 2 unspecified atom stereocenters. The van der Waals surface area contributed by atoms with Gasteiger partial charge in [0.15, 0.2) is 0 Å². The highest BCUT2D eigenvalue weighted by Gasteiger charge is 2.39. The van der Waals surface area contributed by atoms with Crippen LogP contribution in [0.3, 0.4) is 0 Å². The van der Waals surface area contributed by atoms with Gasteiger partial charge in [0, 0.05) is 19.6 Å². The normalized spacial score (nSPS) is 31.1. The van der Waals surface area contributed by atoms with Crippen LogP contribution in [-0.4, -0.2) is 54.2 Å². The third-order valence-corrected chi connectivity index (χ3v) is 4.85. The van der Waals surface area contributed by atoms with E-state index < -0.39 is 0 Å². The summed E-state index contributed by atoms with van der Waals surface area (Å²) in [5.74, 6) is 0. The number of nitrogens with zero attached hydrogens (tertiary/aromatic N) is 2. The Morgan fingerprint density at radius 2 is 2.26 bits per heavy atom. The van der Waals surface area contributed by atoms with E-state index >= 15 is 0 Å². The highest BCUT2D eigenvalue weighted by Crippen LogP contribution is 2.28. The minimum absolute atomic E-state index is 0.229. The second-order valence-electron chi connectivity index (χ2n) is 6.03. The summed E-state index contributed by atoms with van der Waals surface area (Å²) in [5, 5.41) is 0. The molecule has 0 aliphatic carbocycles. The average Bonchev–Trinajstić information content (AvgIpc) is 2.47. The van der Waals surface area contributed by atoms with Gasteiger partial charge in [-0.05, 0) is 32.6 Å². The lowest BCUT2D eigenvalue weighted by molar-refractivity contribution is -0.0918. The van der Waals surface area contributed by atoms with Crippen molar-refractivity contribution in [3.05, 3.63) is 11.1 Å². The largest absolute Gasteiger partial charge is 0.374 e. The minimum atomic E-state index is 0.229. The number of hydrogen-bond acceptors (Lipinski definition) is 2. The maximum Gasteiger partial charge on any atom is 0.320 e. The number of rotatable bonds is 1. The van der Waals surface area contributed by atoms with Crippen molar-refractivity contribution in [3.8, 4) is 0 Å². The molecule has 4 heterocycles. The summed E-state index contributed by atoms with van der Waals surface area (Å²) in [6, 6.07) is 0.543. The van der Waals surface area contributed by atoms with Gasteiger partial charge >= 0.3 is 6.03 Å². The van der Waals surface area contributed by atoms with Gasteiger partial charge in [0.05, 0.1) is 18.8 Å². The number of carbonyl (C=O) groups excluding carboxylic acids is 1. The predicted molar refractivity (Wildman–Crippen MR) is 74.0 cm³/mol. The Morgan fingerprint density at radius 3 is 2.79 bits per heavy atom. The van der Waals surface area contributed by atoms with E-state index in [1.165, 1.54) is 11.1 Å². The highest BCUT2D eigenvalue weighted by molar-refractivity contribution is 5.75. The van der Waals surface area contributed by atoms with Crippen molar-refractivity contribution in [1.82, 2.24) is 9.80 Å². The van der Waals surface area contributed by atoms with Gasteiger partial charge in [-0.2, -0.15) is 0 Å². The Kier molecular flexibility index (Phi) is 3.52. The molecule has 0 saturated carbocycles. The number of amides is 2. The van der Waals surface area contributed by atoms with Crippen LogP contribution in [0, 0.1) is 0 Å². The molecule has 4 rings (SSSR count). The Bertz CT molecular complexity index is 397. The first-order valence-corrected chi connectivity index (χ1v) is 7.53. The highest BCUT2D eigenvalue weighted by atomic mass is 16.5. The lowest BCUT2D eigenvalue weighted by Gasteiger charge is -2.47. The van der Waals surface area contributed by atoms with E-state index in [1.807, 2.05) is 4.90 Å². The standard InChI is InChI=1S/C15H24N2O2/c1-3-12-6-7-16(8-11(12)2)15(18)17-9-14-5-4-13(17)10-19-14/h13-14H,3-10H2,1-2H3. The van der Waals surface area contributed by atoms with Crippen LogP contribution in [0.25, 0.3) is 0 Å². The molecule has 4 nitrogen and oxygen atoms in total. The predicted octanol–water partition coefficient (Wildman–Crippen LogP) is 2.40. The molecular weight excluding hydrogens is 240 g/mol. The van der Waals surface area contributed by atoms with Crippen molar-refractivity contribution >= 4 is 6.03 Å². The number of ether oxygens (including phenoxy) is 1. The van der Waals surface area contributed by atoms with Gasteiger partial charge in [0.25, 0.3) is 0 Å². The number of fused-ring (bicyclic) bond motifs is 3. The number of morpholine rings is 1. The fraction of sp³-hybridized carbons (Fsp3) is 0.800. The first kappa shape index (κ1) is 13.0. The van der Waals surface area contributed by atoms with Crippen molar-refractivity contribution in [2.45, 2.75) is 51.7 Å². The number of carbonyl (C=O) groups is 1. The second kappa shape index (κ2) is 5.16. The molecular formula is C15H24N2O2. The molecule has 2 bridgehead atoms. The number of hydrogen-bond donors (Lipinski definition) is 0. The summed E-state index contributed by atoms with van der Waals surface area (Å²) in [4.78, 5) is 16.7. The van der Waals surface area contributed by atoms with Crippen molar-refractivity contribution in [3.63, 3.8) is 0 Å². The summed E-state index contributed by atoms with van der Waals surface area (Å²) in [6.45, 7) is 7.61. The van der Waals surface area contributed by atoms with Gasteiger partial charge in [-0.1, -0.05) is 18.1 Å². The van der Waals surface area contributed by atoms with Crippen LogP contribution >= 0.6 is 0 Å². The Balaban J connectivity index is 1.67. The third kappa shape index (κ3) is 2.38. The lowest BCUT2D eigenvalue weighted by Crippen LogP contribution is -2.60. The zero-order valence-corrected chi connectivity index (χ0v) is 12.0. The first-order valence-electron chi connectivity index (χ1n) is 7.53. The molecule has 0 aromatic heterocycles. The van der Waals surface area contributed by atoms with Crippen LogP contribution in [0.5, 0.6) is 0 Å². The van der Waals surface area contributed by atoms with Crippen LogP contribution in [0.2, 0.25) is 0 Å². The van der Waals surface area contributed by atoms with Crippen molar-refractivity contribution in [1.29, 1.82) is 0 Å². The fourth-order valence-corrected chi connectivity index (χ4v) is 3.57. The van der Waals surface area contributed by atoms with Crippen LogP contribution < -0.4 is 0 Å². The van der Waals surface area contributed by atoms with Crippen LogP contribution in [0.1, 0.15) is 39.5 Å². The van der Waals surface area contributed by atoms with Crippen LogP contribution in [0.15, 0.2) is 11.1 Å². The molecule has 4 heteroatoms. The maximum atomic E-state index is 12.7. The molecule has 0 aromatic carbocycles. The number of urea groups is 1. The Hall–Kier alpha value is -1.03. The first-order chi connectivity index (χ1) is 9.19. The molecule has 4 aliphatic heterocycles. The second-order valence-corrected chi connectivity index (χ2v) is 6.03. The minimum Gasteiger partial charge on any atom is -0.374 e. The lowest BCUT2D eigenvalue weighted by atomic mass is 9.96. The van der Waals surface area contributed by atoms with Crippen LogP contribution in [-0.2, 0) is 4.74 Å². The van der Waals surface area contributed by atoms with Crippen molar-refractivity contribution in [2.75, 3.05) is 26.2 Å². The quantitative estimate of drug-likeness (QED) is 0.681. The van der Waals surface area contributed by atoms with Gasteiger partial charge < -0.3 is 14.5 Å². The Labute approximate surface area is 115 Å². The molecule has 106 valence electrons. The molecule has 0 radical (unpaired) electrons. The summed E-state index contributed by atoms with van der Waals surface area (Å²) in [6.07, 6.45) is 4.68. The average molecular weight is 264 g/mol. The zero-order valence-electron chi connectivity index (χ0n) is 12.0. The van der Waals surface area contributed by atoms with E-state index in [-0.39, 0.29) is 12.1 Å². The molecule has 3 saturated heterocycles. The van der Waals surface area contributed by atoms with E-state index in [0.717, 1.165) is 51.9 Å². The van der Waals surface area contributed by atoms with Gasteiger partial charge in [-0.25, -0.2) is 4.79 Å². The molecule has 0 aromatic rings. The maximum absolute atomic E-state index is 12.7. The Morgan fingerprint density at radius 1 is 1.42 bits per heavy atom. The summed E-state index contributed by atoms with van der Waals surface area (Å²) < 4.78 is 5.68. The van der Waals surface area contributed by atoms with E-state index in [0.29, 0.717) is 6.04 Å². The zero-order chi connectivity index (χ0) is 13.4. The van der Waals surface area contributed by atoms with E-state index in [2.05, 4.69) is 18.7 Å². The van der Waals surface area contributed by atoms with Crippen molar-refractivity contribution in [2.24, 2.45) is 0 Å². The van der Waals surface area contributed by atoms with Gasteiger partial charge in [-0.3, -0.25) is 0 Å². The SMILES string of the molecule is CCC1=C(C)CN(C(=O)N2CC3CCC2CO3)CC1. The third-order valence-electron chi connectivity index (χ3n) is 4.85. The summed E-state index contributed by atoms with van der Waals surface area (Å²) >= 11 is 0. The molecule has 4 aliphatic rings. The molecule has 2 atom stereocenters. The molecule has 19 heavy (non-hydrogen) atoms. The smallest absolute Gasteiger partial charge is 0.320 e. The van der Waals surface area contributed by atoms with E-state index in [9.17, 15) is 4.79 Å². The molecule has 2 amide bonds. The van der Waals surface area contributed by atoms with E-state index in [1.54, 1.807) is 0 Å². The molecule has 0 spiro atoms. The fourth-order valence-electron chi connectivity index (χ4n) is 3.57. The van der Waals surface area contributed by atoms with Gasteiger partial charge in [-0.15, -0.1) is 0 Å². The van der Waals surface area contributed by atoms with E-state index in [4.69, 9.17) is 4.74 Å². The summed E-state index contributed by atoms with van der Waals surface area (Å²) in [7, 11) is 0. The van der Waals surface area contributed by atoms with Crippen LogP contribution in [0.4, 0.5) is 4.79 Å². The molecule has 3 fully saturated rings. The number of piperidine rings is 1. The van der Waals surface area contributed by atoms with Gasteiger partial charge in [0.2, 0.25) is 0 Å².